The molecular weight excluding hydrogens is 262 g/mol. The Morgan fingerprint density at radius 3 is 2.89 bits per heavy atom. The first-order valence-corrected chi connectivity index (χ1v) is 7.27. The van der Waals surface area contributed by atoms with Gasteiger partial charge in [-0.3, -0.25) is 0 Å². The SMILES string of the molecule is NCc1cccc(-c2nc(-c3nccs3)cs2)c1. The van der Waals surface area contributed by atoms with Gasteiger partial charge in [0.05, 0.1) is 0 Å². The fourth-order valence-corrected chi connectivity index (χ4v) is 3.16. The summed E-state index contributed by atoms with van der Waals surface area (Å²) < 4.78 is 0. The van der Waals surface area contributed by atoms with Gasteiger partial charge in [-0.1, -0.05) is 18.2 Å². The van der Waals surface area contributed by atoms with Crippen molar-refractivity contribution in [3.63, 3.8) is 0 Å². The van der Waals surface area contributed by atoms with Crippen LogP contribution in [-0.2, 0) is 6.54 Å². The number of thiazole rings is 2. The number of nitrogens with zero attached hydrogens (tertiary/aromatic N) is 2. The molecule has 0 fully saturated rings. The van der Waals surface area contributed by atoms with Crippen molar-refractivity contribution in [1.29, 1.82) is 0 Å². The Bertz CT molecular complexity index is 644. The van der Waals surface area contributed by atoms with Crippen LogP contribution in [0.4, 0.5) is 0 Å². The fourth-order valence-electron chi connectivity index (χ4n) is 1.69. The third-order valence-electron chi connectivity index (χ3n) is 2.57. The topological polar surface area (TPSA) is 51.8 Å². The number of nitrogens with two attached hydrogens (primary N) is 1. The van der Waals surface area contributed by atoms with Gasteiger partial charge in [0.25, 0.3) is 0 Å². The van der Waals surface area contributed by atoms with Gasteiger partial charge in [0.1, 0.15) is 15.7 Å². The molecule has 0 aliphatic carbocycles. The van der Waals surface area contributed by atoms with Gasteiger partial charge in [0.15, 0.2) is 0 Å². The van der Waals surface area contributed by atoms with Gasteiger partial charge in [-0.15, -0.1) is 22.7 Å². The van der Waals surface area contributed by atoms with Crippen molar-refractivity contribution in [2.24, 2.45) is 5.73 Å². The smallest absolute Gasteiger partial charge is 0.142 e. The summed E-state index contributed by atoms with van der Waals surface area (Å²) in [6.45, 7) is 0.554. The molecule has 0 aliphatic rings. The Morgan fingerprint density at radius 1 is 1.17 bits per heavy atom. The zero-order chi connectivity index (χ0) is 12.4. The van der Waals surface area contributed by atoms with E-state index in [0.29, 0.717) is 6.54 Å². The second-order valence-corrected chi connectivity index (χ2v) is 5.53. The van der Waals surface area contributed by atoms with E-state index in [0.717, 1.165) is 26.8 Å². The van der Waals surface area contributed by atoms with Crippen molar-refractivity contribution >= 4 is 22.7 Å². The lowest BCUT2D eigenvalue weighted by Crippen LogP contribution is -1.95. The predicted molar refractivity (Wildman–Crippen MR) is 76.5 cm³/mol. The highest BCUT2D eigenvalue weighted by Gasteiger charge is 2.08. The minimum atomic E-state index is 0.554. The molecule has 1 aromatic carbocycles. The molecule has 2 aromatic heterocycles. The monoisotopic (exact) mass is 273 g/mol. The van der Waals surface area contributed by atoms with E-state index in [2.05, 4.69) is 22.1 Å². The lowest BCUT2D eigenvalue weighted by atomic mass is 10.1. The fraction of sp³-hybridized carbons (Fsp3) is 0.0769. The van der Waals surface area contributed by atoms with Gasteiger partial charge in [0, 0.05) is 29.1 Å². The standard InChI is InChI=1S/C13H11N3S2/c14-7-9-2-1-3-10(6-9)12-16-11(8-18-12)13-15-4-5-17-13/h1-6,8H,7,14H2. The van der Waals surface area contributed by atoms with Crippen LogP contribution in [0.5, 0.6) is 0 Å². The lowest BCUT2D eigenvalue weighted by Gasteiger charge is -1.99. The number of hydrogen-bond donors (Lipinski definition) is 1. The Balaban J connectivity index is 1.97. The van der Waals surface area contributed by atoms with Crippen molar-refractivity contribution in [3.05, 3.63) is 46.8 Å². The maximum Gasteiger partial charge on any atom is 0.142 e. The largest absolute Gasteiger partial charge is 0.326 e. The third kappa shape index (κ3) is 2.20. The molecule has 2 N–H and O–H groups in total. The van der Waals surface area contributed by atoms with Crippen molar-refractivity contribution in [3.8, 4) is 21.3 Å². The van der Waals surface area contributed by atoms with Crippen LogP contribution in [0, 0.1) is 0 Å². The number of benzene rings is 1. The van der Waals surface area contributed by atoms with E-state index in [9.17, 15) is 0 Å². The molecule has 90 valence electrons. The zero-order valence-electron chi connectivity index (χ0n) is 9.54. The second-order valence-electron chi connectivity index (χ2n) is 3.78. The van der Waals surface area contributed by atoms with Crippen LogP contribution >= 0.6 is 22.7 Å². The van der Waals surface area contributed by atoms with Crippen molar-refractivity contribution in [2.75, 3.05) is 0 Å². The van der Waals surface area contributed by atoms with Crippen LogP contribution < -0.4 is 5.73 Å². The summed E-state index contributed by atoms with van der Waals surface area (Å²) in [4.78, 5) is 8.89. The molecule has 3 rings (SSSR count). The van der Waals surface area contributed by atoms with Gasteiger partial charge < -0.3 is 5.73 Å². The summed E-state index contributed by atoms with van der Waals surface area (Å²) in [6.07, 6.45) is 1.80. The average Bonchev–Trinajstić information content (AvgIpc) is 3.09. The summed E-state index contributed by atoms with van der Waals surface area (Å²) in [5.41, 5.74) is 8.84. The summed E-state index contributed by atoms with van der Waals surface area (Å²) in [6, 6.07) is 8.19. The minimum Gasteiger partial charge on any atom is -0.326 e. The Labute approximate surface area is 113 Å². The minimum absolute atomic E-state index is 0.554. The van der Waals surface area contributed by atoms with E-state index in [1.165, 1.54) is 0 Å². The van der Waals surface area contributed by atoms with Gasteiger partial charge in [-0.05, 0) is 11.6 Å². The molecule has 0 spiro atoms. The Morgan fingerprint density at radius 2 is 2.11 bits per heavy atom. The van der Waals surface area contributed by atoms with Gasteiger partial charge in [-0.25, -0.2) is 9.97 Å². The molecule has 0 atom stereocenters. The molecule has 2 heterocycles. The molecule has 0 aliphatic heterocycles. The van der Waals surface area contributed by atoms with Crippen LogP contribution in [0.2, 0.25) is 0 Å². The van der Waals surface area contributed by atoms with Crippen LogP contribution in [-0.4, -0.2) is 9.97 Å². The highest BCUT2D eigenvalue weighted by Crippen LogP contribution is 2.29. The summed E-state index contributed by atoms with van der Waals surface area (Å²) in [5, 5.41) is 5.98. The molecule has 0 radical (unpaired) electrons. The summed E-state index contributed by atoms with van der Waals surface area (Å²) >= 11 is 3.24. The first kappa shape index (κ1) is 11.5. The quantitative estimate of drug-likeness (QED) is 0.795. The Kier molecular flexibility index (Phi) is 3.19. The van der Waals surface area contributed by atoms with E-state index in [-0.39, 0.29) is 0 Å². The number of rotatable bonds is 3. The maximum atomic E-state index is 5.65. The number of aromatic nitrogens is 2. The molecule has 0 amide bonds. The van der Waals surface area contributed by atoms with E-state index in [4.69, 9.17) is 5.73 Å². The molecule has 0 saturated heterocycles. The highest BCUT2D eigenvalue weighted by atomic mass is 32.1. The second kappa shape index (κ2) is 4.97. The van der Waals surface area contributed by atoms with E-state index in [1.807, 2.05) is 22.9 Å². The van der Waals surface area contributed by atoms with Crippen molar-refractivity contribution < 1.29 is 0 Å². The van der Waals surface area contributed by atoms with Crippen molar-refractivity contribution in [2.45, 2.75) is 6.54 Å². The molecule has 5 heteroatoms. The highest BCUT2D eigenvalue weighted by molar-refractivity contribution is 7.15. The maximum absolute atomic E-state index is 5.65. The predicted octanol–water partition coefficient (Wildman–Crippen LogP) is 3.39. The first-order chi connectivity index (χ1) is 8.86. The molecule has 3 nitrogen and oxygen atoms in total. The molecule has 18 heavy (non-hydrogen) atoms. The lowest BCUT2D eigenvalue weighted by molar-refractivity contribution is 1.07. The van der Waals surface area contributed by atoms with E-state index in [1.54, 1.807) is 28.9 Å². The van der Waals surface area contributed by atoms with Gasteiger partial charge in [-0.2, -0.15) is 0 Å². The Hall–Kier alpha value is -1.56. The van der Waals surface area contributed by atoms with E-state index >= 15 is 0 Å². The van der Waals surface area contributed by atoms with Crippen LogP contribution in [0.1, 0.15) is 5.56 Å². The van der Waals surface area contributed by atoms with Gasteiger partial charge >= 0.3 is 0 Å². The third-order valence-corrected chi connectivity index (χ3v) is 4.25. The number of hydrogen-bond acceptors (Lipinski definition) is 5. The van der Waals surface area contributed by atoms with Gasteiger partial charge in [0.2, 0.25) is 0 Å². The molecule has 0 unspecified atom stereocenters. The average molecular weight is 273 g/mol. The zero-order valence-corrected chi connectivity index (χ0v) is 11.2. The normalized spacial score (nSPS) is 10.7. The van der Waals surface area contributed by atoms with Crippen LogP contribution in [0.3, 0.4) is 0 Å². The molecule has 0 bridgehead atoms. The molecule has 3 aromatic rings. The first-order valence-electron chi connectivity index (χ1n) is 5.51. The molecule has 0 saturated carbocycles. The summed E-state index contributed by atoms with van der Waals surface area (Å²) in [5.74, 6) is 0. The molecular formula is C13H11N3S2. The van der Waals surface area contributed by atoms with Crippen LogP contribution in [0.15, 0.2) is 41.2 Å². The van der Waals surface area contributed by atoms with Crippen LogP contribution in [0.25, 0.3) is 21.3 Å². The summed E-state index contributed by atoms with van der Waals surface area (Å²) in [7, 11) is 0. The van der Waals surface area contributed by atoms with Crippen molar-refractivity contribution in [1.82, 2.24) is 9.97 Å². The van der Waals surface area contributed by atoms with E-state index < -0.39 is 0 Å².